The Hall–Kier alpha value is -0.900. The Labute approximate surface area is 131 Å². The molecule has 0 amide bonds. The lowest BCUT2D eigenvalue weighted by molar-refractivity contribution is 0.0978. The van der Waals surface area contributed by atoms with E-state index < -0.39 is 11.4 Å². The number of hydrogen-bond donors (Lipinski definition) is 1. The molecule has 0 aliphatic heterocycles. The number of aliphatic hydroxyl groups is 1. The highest BCUT2D eigenvalue weighted by molar-refractivity contribution is 9.10. The first-order chi connectivity index (χ1) is 9.23. The van der Waals surface area contributed by atoms with Crippen molar-refractivity contribution in [3.05, 3.63) is 67.9 Å². The molecule has 0 heterocycles. The zero-order chi connectivity index (χ0) is 15.1. The molecule has 106 valence electrons. The third kappa shape index (κ3) is 2.76. The van der Waals surface area contributed by atoms with Gasteiger partial charge in [0.15, 0.2) is 0 Å². The number of aryl methyl sites for hydroxylation is 2. The highest BCUT2D eigenvalue weighted by Crippen LogP contribution is 2.36. The van der Waals surface area contributed by atoms with Gasteiger partial charge in [0.05, 0.1) is 5.02 Å². The van der Waals surface area contributed by atoms with Crippen molar-refractivity contribution in [2.75, 3.05) is 0 Å². The van der Waals surface area contributed by atoms with E-state index in [4.69, 9.17) is 11.6 Å². The highest BCUT2D eigenvalue weighted by Gasteiger charge is 2.30. The van der Waals surface area contributed by atoms with Crippen molar-refractivity contribution in [1.82, 2.24) is 0 Å². The second-order valence-corrected chi connectivity index (χ2v) is 6.40. The smallest absolute Gasteiger partial charge is 0.149 e. The largest absolute Gasteiger partial charge is 0.381 e. The topological polar surface area (TPSA) is 20.2 Å². The van der Waals surface area contributed by atoms with Crippen molar-refractivity contribution in [2.45, 2.75) is 26.4 Å². The Balaban J connectivity index is 2.63. The molecule has 2 aromatic carbocycles. The summed E-state index contributed by atoms with van der Waals surface area (Å²) in [6.45, 7) is 5.46. The van der Waals surface area contributed by atoms with Crippen LogP contribution < -0.4 is 0 Å². The molecule has 1 unspecified atom stereocenters. The SMILES string of the molecule is Cc1cc(C)cc(C(C)(O)c2ccc(Br)c(Cl)c2F)c1. The van der Waals surface area contributed by atoms with Crippen LogP contribution >= 0.6 is 27.5 Å². The van der Waals surface area contributed by atoms with Crippen molar-refractivity contribution in [3.63, 3.8) is 0 Å². The average Bonchev–Trinajstić information content (AvgIpc) is 2.34. The van der Waals surface area contributed by atoms with E-state index in [1.807, 2.05) is 32.0 Å². The van der Waals surface area contributed by atoms with Crippen molar-refractivity contribution in [2.24, 2.45) is 0 Å². The van der Waals surface area contributed by atoms with Gasteiger partial charge in [-0.05, 0) is 48.3 Å². The van der Waals surface area contributed by atoms with Crippen LogP contribution in [0, 0.1) is 19.7 Å². The van der Waals surface area contributed by atoms with E-state index >= 15 is 0 Å². The van der Waals surface area contributed by atoms with Crippen LogP contribution in [-0.2, 0) is 5.60 Å². The maximum Gasteiger partial charge on any atom is 0.149 e. The van der Waals surface area contributed by atoms with E-state index in [-0.39, 0.29) is 10.6 Å². The molecule has 1 nitrogen and oxygen atoms in total. The minimum Gasteiger partial charge on any atom is -0.381 e. The van der Waals surface area contributed by atoms with Gasteiger partial charge in [0.1, 0.15) is 11.4 Å². The first-order valence-electron chi connectivity index (χ1n) is 6.18. The molecule has 0 radical (unpaired) electrons. The van der Waals surface area contributed by atoms with Gasteiger partial charge in [-0.1, -0.05) is 47.0 Å². The summed E-state index contributed by atoms with van der Waals surface area (Å²) in [5.74, 6) is -0.606. The molecular weight excluding hydrogens is 343 g/mol. The summed E-state index contributed by atoms with van der Waals surface area (Å²) >= 11 is 9.08. The molecule has 1 atom stereocenters. The molecule has 0 aliphatic carbocycles. The maximum atomic E-state index is 14.3. The normalized spacial score (nSPS) is 14.2. The van der Waals surface area contributed by atoms with Gasteiger partial charge in [-0.15, -0.1) is 0 Å². The first kappa shape index (κ1) is 15.5. The van der Waals surface area contributed by atoms with Gasteiger partial charge in [0.25, 0.3) is 0 Å². The molecular formula is C16H15BrClFO. The average molecular weight is 358 g/mol. The van der Waals surface area contributed by atoms with Crippen LogP contribution in [0.5, 0.6) is 0 Å². The summed E-state index contributed by atoms with van der Waals surface area (Å²) in [5.41, 5.74) is 1.40. The Bertz CT molecular complexity index is 648. The Morgan fingerprint density at radius 3 is 2.25 bits per heavy atom. The Morgan fingerprint density at radius 1 is 1.15 bits per heavy atom. The zero-order valence-electron chi connectivity index (χ0n) is 11.5. The third-order valence-electron chi connectivity index (χ3n) is 3.34. The maximum absolute atomic E-state index is 14.3. The molecule has 0 fully saturated rings. The fourth-order valence-corrected chi connectivity index (χ4v) is 2.78. The lowest BCUT2D eigenvalue weighted by Crippen LogP contribution is -2.24. The number of halogens is 3. The van der Waals surface area contributed by atoms with Crippen molar-refractivity contribution < 1.29 is 9.50 Å². The minimum absolute atomic E-state index is 0.0212. The van der Waals surface area contributed by atoms with Gasteiger partial charge in [-0.3, -0.25) is 0 Å². The highest BCUT2D eigenvalue weighted by atomic mass is 79.9. The van der Waals surface area contributed by atoms with Crippen LogP contribution in [-0.4, -0.2) is 5.11 Å². The predicted octanol–water partition coefficient (Wildman–Crippen LogP) is 5.11. The minimum atomic E-state index is -1.44. The molecule has 2 aromatic rings. The molecule has 0 bridgehead atoms. The monoisotopic (exact) mass is 356 g/mol. The van der Waals surface area contributed by atoms with Crippen LogP contribution in [0.4, 0.5) is 4.39 Å². The molecule has 0 saturated heterocycles. The standard InChI is InChI=1S/C16H15BrClFO/c1-9-6-10(2)8-11(7-9)16(3,20)12-4-5-13(17)14(18)15(12)19/h4-8,20H,1-3H3. The van der Waals surface area contributed by atoms with E-state index in [1.165, 1.54) is 0 Å². The molecule has 1 N–H and O–H groups in total. The molecule has 4 heteroatoms. The summed E-state index contributed by atoms with van der Waals surface area (Å²) in [5, 5.41) is 10.8. The zero-order valence-corrected chi connectivity index (χ0v) is 13.8. The van der Waals surface area contributed by atoms with Gasteiger partial charge in [-0.25, -0.2) is 4.39 Å². The summed E-state index contributed by atoms with van der Waals surface area (Å²) < 4.78 is 14.8. The molecule has 0 saturated carbocycles. The first-order valence-corrected chi connectivity index (χ1v) is 7.35. The Kier molecular flexibility index (Phi) is 4.24. The quantitative estimate of drug-likeness (QED) is 0.740. The second kappa shape index (κ2) is 5.47. The summed E-state index contributed by atoms with van der Waals surface area (Å²) in [6, 6.07) is 8.89. The fourth-order valence-electron chi connectivity index (χ4n) is 2.31. The molecule has 0 spiro atoms. The molecule has 0 aromatic heterocycles. The van der Waals surface area contributed by atoms with E-state index in [9.17, 15) is 9.50 Å². The van der Waals surface area contributed by atoms with Crippen molar-refractivity contribution >= 4 is 27.5 Å². The van der Waals surface area contributed by atoms with E-state index in [0.29, 0.717) is 10.0 Å². The van der Waals surface area contributed by atoms with Gasteiger partial charge < -0.3 is 5.11 Å². The van der Waals surface area contributed by atoms with Crippen molar-refractivity contribution in [1.29, 1.82) is 0 Å². The van der Waals surface area contributed by atoms with Gasteiger partial charge in [-0.2, -0.15) is 0 Å². The fraction of sp³-hybridized carbons (Fsp3) is 0.250. The summed E-state index contributed by atoms with van der Waals surface area (Å²) in [4.78, 5) is 0. The Morgan fingerprint density at radius 2 is 1.70 bits per heavy atom. The molecule has 20 heavy (non-hydrogen) atoms. The van der Waals surface area contributed by atoms with Gasteiger partial charge in [0, 0.05) is 10.0 Å². The van der Waals surface area contributed by atoms with Gasteiger partial charge >= 0.3 is 0 Å². The summed E-state index contributed by atoms with van der Waals surface area (Å²) in [6.07, 6.45) is 0. The van der Waals surface area contributed by atoms with Crippen LogP contribution in [0.3, 0.4) is 0 Å². The van der Waals surface area contributed by atoms with Crippen LogP contribution in [0.1, 0.15) is 29.2 Å². The molecule has 0 aliphatic rings. The second-order valence-electron chi connectivity index (χ2n) is 5.17. The summed E-state index contributed by atoms with van der Waals surface area (Å²) in [7, 11) is 0. The van der Waals surface area contributed by atoms with Crippen molar-refractivity contribution in [3.8, 4) is 0 Å². The lowest BCUT2D eigenvalue weighted by Gasteiger charge is -2.26. The third-order valence-corrected chi connectivity index (χ3v) is 4.60. The van der Waals surface area contributed by atoms with Crippen LogP contribution in [0.2, 0.25) is 5.02 Å². The lowest BCUT2D eigenvalue weighted by atomic mass is 9.86. The van der Waals surface area contributed by atoms with Gasteiger partial charge in [0.2, 0.25) is 0 Å². The van der Waals surface area contributed by atoms with E-state index in [2.05, 4.69) is 15.9 Å². The predicted molar refractivity (Wildman–Crippen MR) is 83.7 cm³/mol. The van der Waals surface area contributed by atoms with Crippen LogP contribution in [0.25, 0.3) is 0 Å². The number of rotatable bonds is 2. The number of benzene rings is 2. The van der Waals surface area contributed by atoms with Crippen LogP contribution in [0.15, 0.2) is 34.8 Å². The number of hydrogen-bond acceptors (Lipinski definition) is 1. The molecule has 2 rings (SSSR count). The van der Waals surface area contributed by atoms with E-state index in [1.54, 1.807) is 19.1 Å². The van der Waals surface area contributed by atoms with E-state index in [0.717, 1.165) is 11.1 Å².